The Morgan fingerprint density at radius 3 is 2.57 bits per heavy atom. The number of amides is 1. The second-order valence-corrected chi connectivity index (χ2v) is 6.11. The Kier molecular flexibility index (Phi) is 5.48. The first kappa shape index (κ1) is 16.2. The predicted octanol–water partition coefficient (Wildman–Crippen LogP) is 0.584. The van der Waals surface area contributed by atoms with Gasteiger partial charge in [0.25, 0.3) is 5.91 Å². The maximum absolute atomic E-state index is 12.2. The van der Waals surface area contributed by atoms with Gasteiger partial charge in [0.15, 0.2) is 0 Å². The van der Waals surface area contributed by atoms with E-state index in [2.05, 4.69) is 22.2 Å². The topological polar surface area (TPSA) is 54.0 Å². The fourth-order valence-electron chi connectivity index (χ4n) is 2.85. The average molecular weight is 319 g/mol. The van der Waals surface area contributed by atoms with Gasteiger partial charge in [0, 0.05) is 44.0 Å². The number of ether oxygens (including phenoxy) is 2. The number of hydrogen-bond donors (Lipinski definition) is 1. The number of likely N-dealkylation sites (N-methyl/N-ethyl adjacent to an activating group) is 1. The number of carbonyl (C=O) groups excluding carboxylic acids is 1. The van der Waals surface area contributed by atoms with Gasteiger partial charge in [-0.3, -0.25) is 4.79 Å². The maximum atomic E-state index is 12.2. The standard InChI is InChI=1S/C17H25N3O3/c1-19-6-8-20(9-7-19)15-4-2-14(3-5-15)17(21)18-12-16-13-22-10-11-23-16/h2-5,16H,6-13H2,1H3,(H,18,21). The van der Waals surface area contributed by atoms with Gasteiger partial charge in [-0.1, -0.05) is 0 Å². The zero-order valence-electron chi connectivity index (χ0n) is 13.7. The number of anilines is 1. The first-order valence-electron chi connectivity index (χ1n) is 8.23. The Bertz CT molecular complexity index is 506. The smallest absolute Gasteiger partial charge is 0.251 e. The first-order valence-corrected chi connectivity index (χ1v) is 8.23. The molecule has 1 N–H and O–H groups in total. The zero-order chi connectivity index (χ0) is 16.1. The van der Waals surface area contributed by atoms with Crippen LogP contribution in [0.25, 0.3) is 0 Å². The van der Waals surface area contributed by atoms with Crippen LogP contribution in [0.1, 0.15) is 10.4 Å². The summed E-state index contributed by atoms with van der Waals surface area (Å²) in [6, 6.07) is 7.84. The van der Waals surface area contributed by atoms with E-state index in [4.69, 9.17) is 9.47 Å². The van der Waals surface area contributed by atoms with Gasteiger partial charge in [0.1, 0.15) is 0 Å². The van der Waals surface area contributed by atoms with Crippen molar-refractivity contribution in [3.63, 3.8) is 0 Å². The lowest BCUT2D eigenvalue weighted by Crippen LogP contribution is -2.44. The largest absolute Gasteiger partial charge is 0.376 e. The van der Waals surface area contributed by atoms with E-state index in [0.29, 0.717) is 31.9 Å². The second kappa shape index (κ2) is 7.77. The van der Waals surface area contributed by atoms with Crippen LogP contribution < -0.4 is 10.2 Å². The van der Waals surface area contributed by atoms with Crippen LogP contribution in [0.4, 0.5) is 5.69 Å². The highest BCUT2D eigenvalue weighted by atomic mass is 16.6. The Hall–Kier alpha value is -1.63. The zero-order valence-corrected chi connectivity index (χ0v) is 13.7. The Labute approximate surface area is 137 Å². The van der Waals surface area contributed by atoms with E-state index in [1.807, 2.05) is 24.3 Å². The van der Waals surface area contributed by atoms with Crippen molar-refractivity contribution in [1.82, 2.24) is 10.2 Å². The van der Waals surface area contributed by atoms with Crippen molar-refractivity contribution in [3.05, 3.63) is 29.8 Å². The van der Waals surface area contributed by atoms with Gasteiger partial charge >= 0.3 is 0 Å². The summed E-state index contributed by atoms with van der Waals surface area (Å²) in [6.07, 6.45) is -0.0442. The van der Waals surface area contributed by atoms with E-state index >= 15 is 0 Å². The molecule has 2 fully saturated rings. The SMILES string of the molecule is CN1CCN(c2ccc(C(=O)NCC3COCCO3)cc2)CC1. The minimum Gasteiger partial charge on any atom is -0.376 e. The van der Waals surface area contributed by atoms with E-state index in [1.54, 1.807) is 0 Å². The molecule has 126 valence electrons. The Morgan fingerprint density at radius 2 is 1.91 bits per heavy atom. The Balaban J connectivity index is 1.50. The number of carbonyl (C=O) groups is 1. The molecule has 2 saturated heterocycles. The molecule has 6 nitrogen and oxygen atoms in total. The maximum Gasteiger partial charge on any atom is 0.251 e. The van der Waals surface area contributed by atoms with Crippen LogP contribution in [0.15, 0.2) is 24.3 Å². The monoisotopic (exact) mass is 319 g/mol. The quantitative estimate of drug-likeness (QED) is 0.880. The highest BCUT2D eigenvalue weighted by Gasteiger charge is 2.17. The molecule has 0 aromatic heterocycles. The molecule has 0 saturated carbocycles. The van der Waals surface area contributed by atoms with Gasteiger partial charge in [0.05, 0.1) is 25.9 Å². The van der Waals surface area contributed by atoms with Gasteiger partial charge < -0.3 is 24.6 Å². The molecule has 1 amide bonds. The second-order valence-electron chi connectivity index (χ2n) is 6.11. The summed E-state index contributed by atoms with van der Waals surface area (Å²) in [5.41, 5.74) is 1.86. The number of nitrogens with zero attached hydrogens (tertiary/aromatic N) is 2. The molecule has 0 radical (unpaired) electrons. The Morgan fingerprint density at radius 1 is 1.17 bits per heavy atom. The van der Waals surface area contributed by atoms with Gasteiger partial charge in [-0.05, 0) is 31.3 Å². The normalized spacial score (nSPS) is 22.8. The van der Waals surface area contributed by atoms with Crippen LogP contribution in [0, 0.1) is 0 Å². The van der Waals surface area contributed by atoms with Crippen LogP contribution in [-0.2, 0) is 9.47 Å². The number of benzene rings is 1. The lowest BCUT2D eigenvalue weighted by atomic mass is 10.1. The minimum atomic E-state index is -0.0656. The number of piperazine rings is 1. The van der Waals surface area contributed by atoms with E-state index in [1.165, 1.54) is 5.69 Å². The van der Waals surface area contributed by atoms with Crippen LogP contribution in [0.2, 0.25) is 0 Å². The predicted molar refractivity (Wildman–Crippen MR) is 89.0 cm³/mol. The molecule has 3 rings (SSSR count). The molecule has 6 heteroatoms. The lowest BCUT2D eigenvalue weighted by Gasteiger charge is -2.34. The molecule has 2 aliphatic rings. The molecule has 23 heavy (non-hydrogen) atoms. The fraction of sp³-hybridized carbons (Fsp3) is 0.588. The average Bonchev–Trinajstić information content (AvgIpc) is 2.61. The van der Waals surface area contributed by atoms with Crippen LogP contribution in [0.5, 0.6) is 0 Å². The highest BCUT2D eigenvalue weighted by molar-refractivity contribution is 5.94. The molecular weight excluding hydrogens is 294 g/mol. The molecular formula is C17H25N3O3. The van der Waals surface area contributed by atoms with Gasteiger partial charge in [-0.15, -0.1) is 0 Å². The number of rotatable bonds is 4. The fourth-order valence-corrected chi connectivity index (χ4v) is 2.85. The lowest BCUT2D eigenvalue weighted by molar-refractivity contribution is -0.0855. The van der Waals surface area contributed by atoms with Crippen molar-refractivity contribution in [2.24, 2.45) is 0 Å². The van der Waals surface area contributed by atoms with Gasteiger partial charge in [0.2, 0.25) is 0 Å². The van der Waals surface area contributed by atoms with Crippen LogP contribution in [0.3, 0.4) is 0 Å². The molecule has 0 bridgehead atoms. The number of nitrogens with one attached hydrogen (secondary N) is 1. The summed E-state index contributed by atoms with van der Waals surface area (Å²) >= 11 is 0. The van der Waals surface area contributed by atoms with E-state index < -0.39 is 0 Å². The summed E-state index contributed by atoms with van der Waals surface area (Å²) in [5.74, 6) is -0.0656. The summed E-state index contributed by atoms with van der Waals surface area (Å²) in [7, 11) is 2.14. The van der Waals surface area contributed by atoms with Gasteiger partial charge in [-0.2, -0.15) is 0 Å². The number of hydrogen-bond acceptors (Lipinski definition) is 5. The summed E-state index contributed by atoms with van der Waals surface area (Å²) < 4.78 is 10.8. The van der Waals surface area contributed by atoms with Crippen LogP contribution in [-0.4, -0.2) is 76.5 Å². The minimum absolute atomic E-state index is 0.0442. The van der Waals surface area contributed by atoms with Gasteiger partial charge in [-0.25, -0.2) is 0 Å². The molecule has 1 aromatic carbocycles. The van der Waals surface area contributed by atoms with Crippen molar-refractivity contribution >= 4 is 11.6 Å². The molecule has 1 unspecified atom stereocenters. The molecule has 0 spiro atoms. The third-order valence-electron chi connectivity index (χ3n) is 4.37. The van der Waals surface area contributed by atoms with Crippen molar-refractivity contribution < 1.29 is 14.3 Å². The van der Waals surface area contributed by atoms with Crippen LogP contribution >= 0.6 is 0 Å². The van der Waals surface area contributed by atoms with Crippen molar-refractivity contribution in [3.8, 4) is 0 Å². The molecule has 2 heterocycles. The highest BCUT2D eigenvalue weighted by Crippen LogP contribution is 2.17. The summed E-state index contributed by atoms with van der Waals surface area (Å²) in [5, 5.41) is 2.91. The van der Waals surface area contributed by atoms with Crippen molar-refractivity contribution in [2.45, 2.75) is 6.10 Å². The molecule has 1 aromatic rings. The summed E-state index contributed by atoms with van der Waals surface area (Å²) in [4.78, 5) is 16.9. The van der Waals surface area contributed by atoms with E-state index in [9.17, 15) is 4.79 Å². The summed E-state index contributed by atoms with van der Waals surface area (Å²) in [6.45, 7) is 6.47. The third kappa shape index (κ3) is 4.43. The molecule has 1 atom stereocenters. The van der Waals surface area contributed by atoms with E-state index in [-0.39, 0.29) is 12.0 Å². The first-order chi connectivity index (χ1) is 11.2. The van der Waals surface area contributed by atoms with Crippen molar-refractivity contribution in [1.29, 1.82) is 0 Å². The molecule has 0 aliphatic carbocycles. The third-order valence-corrected chi connectivity index (χ3v) is 4.37. The van der Waals surface area contributed by atoms with E-state index in [0.717, 1.165) is 26.2 Å². The molecule has 2 aliphatic heterocycles. The van der Waals surface area contributed by atoms with Crippen molar-refractivity contribution in [2.75, 3.05) is 64.5 Å².